The van der Waals surface area contributed by atoms with E-state index < -0.39 is 0 Å². The first-order chi connectivity index (χ1) is 12.2. The Morgan fingerprint density at radius 1 is 1.04 bits per heavy atom. The quantitative estimate of drug-likeness (QED) is 0.699. The third-order valence-corrected chi connectivity index (χ3v) is 5.37. The summed E-state index contributed by atoms with van der Waals surface area (Å²) in [5, 5.41) is 7.40. The largest absolute Gasteiger partial charge is 0.350 e. The second-order valence-corrected chi connectivity index (χ2v) is 6.80. The average molecular weight is 329 g/mol. The lowest BCUT2D eigenvalue weighted by molar-refractivity contribution is 0.240. The molecule has 1 unspecified atom stereocenters. The van der Waals surface area contributed by atoms with Crippen LogP contribution in [0.1, 0.15) is 29.2 Å². The maximum Gasteiger partial charge on any atom is 0.320 e. The highest BCUT2D eigenvalue weighted by atomic mass is 16.2. The van der Waals surface area contributed by atoms with Gasteiger partial charge in [-0.15, -0.1) is 0 Å². The first-order valence-electron chi connectivity index (χ1n) is 8.65. The van der Waals surface area contributed by atoms with Crippen LogP contribution in [-0.2, 0) is 13.5 Å². The summed E-state index contributed by atoms with van der Waals surface area (Å²) < 4.78 is 2.13. The van der Waals surface area contributed by atoms with Gasteiger partial charge in [-0.3, -0.25) is 0 Å². The molecule has 0 bridgehead atoms. The number of carbonyl (C=O) groups excluding carboxylic acids is 1. The fourth-order valence-corrected chi connectivity index (χ4v) is 4.22. The van der Waals surface area contributed by atoms with E-state index >= 15 is 0 Å². The van der Waals surface area contributed by atoms with Gasteiger partial charge in [-0.05, 0) is 30.0 Å². The molecule has 124 valence electrons. The molecule has 2 heterocycles. The fraction of sp³-hybridized carbons (Fsp3) is 0.190. The molecule has 0 spiro atoms. The van der Waals surface area contributed by atoms with E-state index in [0.717, 1.165) is 24.1 Å². The zero-order valence-corrected chi connectivity index (χ0v) is 14.0. The Labute approximate surface area is 146 Å². The van der Waals surface area contributed by atoms with Crippen molar-refractivity contribution in [2.75, 3.05) is 0 Å². The minimum atomic E-state index is -0.131. The number of hydrogen-bond acceptors (Lipinski definition) is 1. The molecule has 4 heteroatoms. The molecule has 0 fully saturated rings. The van der Waals surface area contributed by atoms with E-state index in [4.69, 9.17) is 0 Å². The highest BCUT2D eigenvalue weighted by Crippen LogP contribution is 2.40. The van der Waals surface area contributed by atoms with Gasteiger partial charge in [-0.25, -0.2) is 4.79 Å². The number of fused-ring (bicyclic) bond motifs is 3. The summed E-state index contributed by atoms with van der Waals surface area (Å²) in [7, 11) is 2.06. The number of urea groups is 1. The Bertz CT molecular complexity index is 1040. The number of rotatable bonds is 1. The Morgan fingerprint density at radius 2 is 1.84 bits per heavy atom. The van der Waals surface area contributed by atoms with Gasteiger partial charge in [0.1, 0.15) is 0 Å². The van der Waals surface area contributed by atoms with E-state index in [-0.39, 0.29) is 12.1 Å². The van der Waals surface area contributed by atoms with Crippen molar-refractivity contribution < 1.29 is 4.79 Å². The van der Waals surface area contributed by atoms with Crippen LogP contribution in [0.5, 0.6) is 0 Å². The molecule has 1 aliphatic carbocycles. The number of nitrogens with one attached hydrogen (secondary N) is 2. The van der Waals surface area contributed by atoms with Crippen LogP contribution in [0.4, 0.5) is 4.79 Å². The van der Waals surface area contributed by atoms with E-state index in [1.54, 1.807) is 0 Å². The molecule has 25 heavy (non-hydrogen) atoms. The van der Waals surface area contributed by atoms with E-state index in [2.05, 4.69) is 70.9 Å². The van der Waals surface area contributed by atoms with Crippen LogP contribution < -0.4 is 10.6 Å². The van der Waals surface area contributed by atoms with Crippen LogP contribution in [0.3, 0.4) is 0 Å². The van der Waals surface area contributed by atoms with Crippen molar-refractivity contribution in [2.24, 2.45) is 7.05 Å². The van der Waals surface area contributed by atoms with E-state index in [0.29, 0.717) is 0 Å². The highest BCUT2D eigenvalue weighted by Gasteiger charge is 2.33. The molecular formula is C21H19N3O. The van der Waals surface area contributed by atoms with Crippen LogP contribution in [0.2, 0.25) is 0 Å². The molecular weight excluding hydrogens is 310 g/mol. The summed E-state index contributed by atoms with van der Waals surface area (Å²) in [6.45, 7) is 0. The number of aromatic nitrogens is 1. The third-order valence-electron chi connectivity index (χ3n) is 5.37. The van der Waals surface area contributed by atoms with Crippen molar-refractivity contribution in [1.29, 1.82) is 0 Å². The van der Waals surface area contributed by atoms with E-state index in [9.17, 15) is 4.79 Å². The predicted molar refractivity (Wildman–Crippen MR) is 99.0 cm³/mol. The second kappa shape index (κ2) is 5.24. The molecule has 5 rings (SSSR count). The van der Waals surface area contributed by atoms with Crippen LogP contribution in [0, 0.1) is 0 Å². The highest BCUT2D eigenvalue weighted by molar-refractivity contribution is 5.93. The first kappa shape index (κ1) is 14.3. The predicted octanol–water partition coefficient (Wildman–Crippen LogP) is 3.89. The number of amides is 2. The summed E-state index contributed by atoms with van der Waals surface area (Å²) in [5.41, 5.74) is 7.07. The SMILES string of the molecule is Cn1cc(C2NC(=O)NC3=C2CCc2ccccc23)c2ccccc21. The number of hydrogen-bond donors (Lipinski definition) is 2. The van der Waals surface area contributed by atoms with Crippen LogP contribution >= 0.6 is 0 Å². The molecule has 4 nitrogen and oxygen atoms in total. The molecule has 0 saturated heterocycles. The molecule has 2 aromatic carbocycles. The van der Waals surface area contributed by atoms with Gasteiger partial charge in [0.15, 0.2) is 0 Å². The Balaban J connectivity index is 1.73. The average Bonchev–Trinajstić information content (AvgIpc) is 2.98. The first-order valence-corrected chi connectivity index (χ1v) is 8.65. The standard InChI is InChI=1S/C21H19N3O/c1-24-12-17(15-8-4-5-9-18(15)24)20-16-11-10-13-6-2-3-7-14(13)19(16)22-21(25)23-20/h2-9,12,20H,10-11H2,1H3,(H2,22,23,25). The second-order valence-electron chi connectivity index (χ2n) is 6.80. The van der Waals surface area contributed by atoms with Gasteiger partial charge in [0.05, 0.1) is 11.7 Å². The van der Waals surface area contributed by atoms with Gasteiger partial charge < -0.3 is 15.2 Å². The van der Waals surface area contributed by atoms with Crippen molar-refractivity contribution in [3.05, 3.63) is 77.0 Å². The van der Waals surface area contributed by atoms with Gasteiger partial charge in [-0.1, -0.05) is 42.5 Å². The number of nitrogens with zero attached hydrogens (tertiary/aromatic N) is 1. The Morgan fingerprint density at radius 3 is 2.76 bits per heavy atom. The van der Waals surface area contributed by atoms with Gasteiger partial charge in [0.25, 0.3) is 0 Å². The molecule has 1 aromatic heterocycles. The fourth-order valence-electron chi connectivity index (χ4n) is 4.22. The number of benzene rings is 2. The summed E-state index contributed by atoms with van der Waals surface area (Å²) in [5.74, 6) is 0. The molecule has 2 amide bonds. The van der Waals surface area contributed by atoms with Crippen LogP contribution in [-0.4, -0.2) is 10.6 Å². The van der Waals surface area contributed by atoms with Crippen molar-refractivity contribution in [3.8, 4) is 0 Å². The molecule has 3 aromatic rings. The lowest BCUT2D eigenvalue weighted by Gasteiger charge is -2.34. The van der Waals surface area contributed by atoms with Crippen molar-refractivity contribution in [3.63, 3.8) is 0 Å². The van der Waals surface area contributed by atoms with E-state index in [1.807, 2.05) is 6.07 Å². The topological polar surface area (TPSA) is 46.1 Å². The number of para-hydroxylation sites is 1. The lowest BCUT2D eigenvalue weighted by Crippen LogP contribution is -2.44. The van der Waals surface area contributed by atoms with Crippen molar-refractivity contribution in [2.45, 2.75) is 18.9 Å². The van der Waals surface area contributed by atoms with Gasteiger partial charge in [0, 0.05) is 35.3 Å². The molecule has 2 N–H and O–H groups in total. The Hall–Kier alpha value is -3.01. The normalized spacial score (nSPS) is 19.2. The summed E-state index contributed by atoms with van der Waals surface area (Å²) in [6, 6.07) is 16.5. The molecule has 2 aliphatic rings. The summed E-state index contributed by atoms with van der Waals surface area (Å²) in [6.07, 6.45) is 4.10. The summed E-state index contributed by atoms with van der Waals surface area (Å²) >= 11 is 0. The third kappa shape index (κ3) is 2.10. The monoisotopic (exact) mass is 329 g/mol. The molecule has 0 saturated carbocycles. The van der Waals surface area contributed by atoms with Gasteiger partial charge in [-0.2, -0.15) is 0 Å². The Kier molecular flexibility index (Phi) is 3.01. The van der Waals surface area contributed by atoms with Crippen LogP contribution in [0.25, 0.3) is 16.6 Å². The number of carbonyl (C=O) groups is 1. The maximum atomic E-state index is 12.4. The zero-order chi connectivity index (χ0) is 17.0. The summed E-state index contributed by atoms with van der Waals surface area (Å²) in [4.78, 5) is 12.4. The molecule has 1 atom stereocenters. The van der Waals surface area contributed by atoms with Gasteiger partial charge >= 0.3 is 6.03 Å². The zero-order valence-electron chi connectivity index (χ0n) is 14.0. The van der Waals surface area contributed by atoms with Crippen LogP contribution in [0.15, 0.2) is 60.3 Å². The number of aryl methyl sites for hydroxylation is 2. The van der Waals surface area contributed by atoms with Gasteiger partial charge in [0.2, 0.25) is 0 Å². The lowest BCUT2D eigenvalue weighted by atomic mass is 9.83. The minimum Gasteiger partial charge on any atom is -0.350 e. The molecule has 1 aliphatic heterocycles. The molecule has 0 radical (unpaired) electrons. The van der Waals surface area contributed by atoms with Crippen molar-refractivity contribution in [1.82, 2.24) is 15.2 Å². The maximum absolute atomic E-state index is 12.4. The smallest absolute Gasteiger partial charge is 0.320 e. The van der Waals surface area contributed by atoms with Crippen molar-refractivity contribution >= 4 is 22.6 Å². The minimum absolute atomic E-state index is 0.0804. The van der Waals surface area contributed by atoms with E-state index in [1.165, 1.54) is 27.6 Å².